The van der Waals surface area contributed by atoms with Crippen LogP contribution in [0.5, 0.6) is 0 Å². The first kappa shape index (κ1) is 27.4. The van der Waals surface area contributed by atoms with Crippen molar-refractivity contribution in [3.63, 3.8) is 0 Å². The van der Waals surface area contributed by atoms with E-state index in [4.69, 9.17) is 0 Å². The number of hydrogen-bond acceptors (Lipinski definition) is 0. The zero-order valence-corrected chi connectivity index (χ0v) is 21.4. The third-order valence-electron chi connectivity index (χ3n) is 7.39. The average molecular weight is 568 g/mol. The van der Waals surface area contributed by atoms with Gasteiger partial charge in [-0.1, -0.05) is 0 Å². The van der Waals surface area contributed by atoms with Crippen molar-refractivity contribution in [3.8, 4) is 0 Å². The monoisotopic (exact) mass is 568 g/mol. The first-order chi connectivity index (χ1) is 17.2. The Hall–Kier alpha value is -2.59. The van der Waals surface area contributed by atoms with Crippen molar-refractivity contribution in [2.75, 3.05) is 0 Å². The van der Waals surface area contributed by atoms with Crippen LogP contribution in [0.4, 0.5) is 43.9 Å². The molecule has 0 nitrogen and oxygen atoms in total. The zero-order chi connectivity index (χ0) is 27.7. The molecule has 2 aromatic rings. The van der Waals surface area contributed by atoms with Gasteiger partial charge in [-0.25, -0.2) is 0 Å². The van der Waals surface area contributed by atoms with Crippen LogP contribution < -0.4 is 7.74 Å². The van der Waals surface area contributed by atoms with Crippen molar-refractivity contribution >= 4 is 7.74 Å². The summed E-state index contributed by atoms with van der Waals surface area (Å²) < 4.78 is 146. The van der Waals surface area contributed by atoms with Crippen molar-refractivity contribution in [2.24, 2.45) is 0 Å². The van der Waals surface area contributed by atoms with Gasteiger partial charge in [-0.15, -0.1) is 0 Å². The second-order valence-electron chi connectivity index (χ2n) is 9.03. The summed E-state index contributed by atoms with van der Waals surface area (Å²) in [6, 6.07) is 0. The summed E-state index contributed by atoms with van der Waals surface area (Å²) >= 11 is -6.18. The fourth-order valence-electron chi connectivity index (χ4n) is 5.25. The molecule has 0 N–H and O–H groups in total. The molecule has 0 unspecified atom stereocenters. The molecule has 0 fully saturated rings. The molecule has 0 spiro atoms. The molecule has 0 radical (unpaired) electrons. The van der Waals surface area contributed by atoms with Gasteiger partial charge in [-0.05, 0) is 0 Å². The predicted molar refractivity (Wildman–Crippen MR) is 114 cm³/mol. The molecular weight excluding hydrogens is 550 g/mol. The first-order valence-electron chi connectivity index (χ1n) is 11.0. The summed E-state index contributed by atoms with van der Waals surface area (Å²) in [5.41, 5.74) is 1.38. The van der Waals surface area contributed by atoms with Crippen LogP contribution in [-0.2, 0) is 16.6 Å². The van der Waals surface area contributed by atoms with Gasteiger partial charge in [0.25, 0.3) is 0 Å². The Morgan fingerprint density at radius 2 is 0.676 bits per heavy atom. The summed E-state index contributed by atoms with van der Waals surface area (Å²) in [6.45, 7) is 5.92. The molecule has 4 rings (SSSR count). The van der Waals surface area contributed by atoms with Gasteiger partial charge < -0.3 is 0 Å². The zero-order valence-electron chi connectivity index (χ0n) is 19.8. The molecule has 0 saturated heterocycles. The van der Waals surface area contributed by atoms with E-state index in [1.54, 1.807) is 13.8 Å². The molecule has 11 heteroatoms. The Kier molecular flexibility index (Phi) is 6.91. The quantitative estimate of drug-likeness (QED) is 0.156. The fourth-order valence-corrected chi connectivity index (χ4v) is 14.5. The Balaban J connectivity index is 2.42. The Morgan fingerprint density at radius 1 is 0.432 bits per heavy atom. The normalized spacial score (nSPS) is 16.3. The van der Waals surface area contributed by atoms with Gasteiger partial charge in [0, 0.05) is 0 Å². The van der Waals surface area contributed by atoms with E-state index in [-0.39, 0.29) is 31.7 Å². The van der Waals surface area contributed by atoms with Crippen LogP contribution >= 0.6 is 0 Å². The van der Waals surface area contributed by atoms with Crippen molar-refractivity contribution in [3.05, 3.63) is 100 Å². The van der Waals surface area contributed by atoms with E-state index < -0.39 is 82.5 Å². The fraction of sp³-hybridized carbons (Fsp3) is 0.231. The molecule has 0 aliphatic heterocycles. The van der Waals surface area contributed by atoms with Crippen molar-refractivity contribution in [1.82, 2.24) is 0 Å². The van der Waals surface area contributed by atoms with E-state index >= 15 is 17.6 Å². The van der Waals surface area contributed by atoms with Gasteiger partial charge >= 0.3 is 209 Å². The maximum atomic E-state index is 15.6. The van der Waals surface area contributed by atoms with Crippen LogP contribution in [0.15, 0.2) is 42.2 Å². The van der Waals surface area contributed by atoms with Gasteiger partial charge in [0.05, 0.1) is 0 Å². The molecule has 37 heavy (non-hydrogen) atoms. The van der Waals surface area contributed by atoms with Crippen molar-refractivity contribution in [2.45, 2.75) is 40.5 Å². The van der Waals surface area contributed by atoms with E-state index in [2.05, 4.69) is 0 Å². The molecular formula is C26H18F10Ti. The van der Waals surface area contributed by atoms with Gasteiger partial charge in [0.2, 0.25) is 0 Å². The first-order valence-corrected chi connectivity index (χ1v) is 14.1. The van der Waals surface area contributed by atoms with Gasteiger partial charge in [-0.3, -0.25) is 0 Å². The Bertz CT molecular complexity index is 1340. The third-order valence-corrected chi connectivity index (χ3v) is 15.7. The molecule has 0 aromatic heterocycles. The molecule has 196 valence electrons. The molecule has 0 heterocycles. The molecule has 0 amide bonds. The SMILES string of the molecule is CC1=CC[C]([Ti]([C]2=C(C)C(C)=CC2)([c]2c(F)c(F)c(F)c(F)c2F)[c]2c(F)c(F)c(F)c(F)c2F)=C1C. The Morgan fingerprint density at radius 3 is 0.892 bits per heavy atom. The van der Waals surface area contributed by atoms with Crippen LogP contribution in [0, 0.1) is 58.2 Å². The molecule has 2 aromatic carbocycles. The van der Waals surface area contributed by atoms with Gasteiger partial charge in [-0.2, -0.15) is 0 Å². The van der Waals surface area contributed by atoms with Crippen LogP contribution in [0.1, 0.15) is 40.5 Å². The van der Waals surface area contributed by atoms with Crippen LogP contribution in [0.25, 0.3) is 0 Å². The molecule has 0 bridgehead atoms. The minimum atomic E-state index is -6.18. The topological polar surface area (TPSA) is 0 Å². The van der Waals surface area contributed by atoms with Crippen LogP contribution in [-0.4, -0.2) is 0 Å². The second-order valence-corrected chi connectivity index (χ2v) is 14.8. The van der Waals surface area contributed by atoms with E-state index in [0.717, 1.165) is 0 Å². The van der Waals surface area contributed by atoms with Crippen molar-refractivity contribution in [1.29, 1.82) is 0 Å². The standard InChI is InChI=1S/2C7H9.2C6F5.Ti/c2*1-6-4-3-5-7(6)2;2*7-2-1-3(8)5(10)6(11)4(2)9;/h2*4H,3H2,1-2H3;;;. The predicted octanol–water partition coefficient (Wildman–Crippen LogP) is 7.43. The van der Waals surface area contributed by atoms with E-state index in [9.17, 15) is 26.3 Å². The number of rotatable bonds is 4. The second kappa shape index (κ2) is 9.31. The van der Waals surface area contributed by atoms with E-state index in [0.29, 0.717) is 11.1 Å². The summed E-state index contributed by atoms with van der Waals surface area (Å²) in [5.74, 6) is -24.0. The van der Waals surface area contributed by atoms with Gasteiger partial charge in [0.1, 0.15) is 0 Å². The molecule has 2 aliphatic carbocycles. The van der Waals surface area contributed by atoms with E-state index in [1.165, 1.54) is 26.0 Å². The summed E-state index contributed by atoms with van der Waals surface area (Å²) in [7, 11) is 0. The number of benzene rings is 2. The summed E-state index contributed by atoms with van der Waals surface area (Å²) in [6.07, 6.45) is 2.53. The number of allylic oxidation sites excluding steroid dienone is 8. The summed E-state index contributed by atoms with van der Waals surface area (Å²) in [4.78, 5) is 0. The van der Waals surface area contributed by atoms with Gasteiger partial charge in [0.15, 0.2) is 0 Å². The molecule has 0 saturated carbocycles. The third kappa shape index (κ3) is 3.62. The molecule has 0 atom stereocenters. The van der Waals surface area contributed by atoms with Crippen LogP contribution in [0.3, 0.4) is 0 Å². The average Bonchev–Trinajstić information content (AvgIpc) is 3.38. The maximum absolute atomic E-state index is 15.6. The molecule has 2 aliphatic rings. The van der Waals surface area contributed by atoms with Crippen molar-refractivity contribution < 1.29 is 60.5 Å². The number of halogens is 10. The summed E-state index contributed by atoms with van der Waals surface area (Å²) in [5, 5.41) is 0. The Labute approximate surface area is 209 Å². The van der Waals surface area contributed by atoms with Crippen LogP contribution in [0.2, 0.25) is 0 Å². The van der Waals surface area contributed by atoms with E-state index in [1.807, 2.05) is 0 Å². The minimum absolute atomic E-state index is 0.0960. The number of hydrogen-bond donors (Lipinski definition) is 0.